The topological polar surface area (TPSA) is 84.6 Å². The predicted molar refractivity (Wildman–Crippen MR) is 86.6 cm³/mol. The van der Waals surface area contributed by atoms with E-state index in [-0.39, 0.29) is 12.0 Å². The molecule has 0 radical (unpaired) electrons. The van der Waals surface area contributed by atoms with Crippen LogP contribution in [0.4, 0.5) is 5.82 Å². The van der Waals surface area contributed by atoms with E-state index in [1.165, 1.54) is 25.7 Å². The average molecular weight is 319 g/mol. The highest BCUT2D eigenvalue weighted by atomic mass is 16.5. The van der Waals surface area contributed by atoms with E-state index >= 15 is 0 Å². The molecular weight excluding hydrogens is 294 g/mol. The zero-order valence-corrected chi connectivity index (χ0v) is 13.6. The number of amides is 1. The summed E-state index contributed by atoms with van der Waals surface area (Å²) in [7, 11) is 2.05. The lowest BCUT2D eigenvalue weighted by atomic mass is 10.2. The summed E-state index contributed by atoms with van der Waals surface area (Å²) in [6, 6.07) is 0.548. The van der Waals surface area contributed by atoms with Gasteiger partial charge in [0.05, 0.1) is 19.7 Å². The van der Waals surface area contributed by atoms with E-state index in [9.17, 15) is 4.79 Å². The van der Waals surface area contributed by atoms with Crippen molar-refractivity contribution in [1.29, 1.82) is 0 Å². The van der Waals surface area contributed by atoms with Crippen molar-refractivity contribution in [3.05, 3.63) is 18.1 Å². The fourth-order valence-corrected chi connectivity index (χ4v) is 3.44. The van der Waals surface area contributed by atoms with E-state index in [1.54, 1.807) is 12.4 Å². The van der Waals surface area contributed by atoms with Crippen molar-refractivity contribution in [2.45, 2.75) is 37.8 Å². The molecule has 1 aliphatic carbocycles. The molecule has 1 amide bonds. The molecule has 1 saturated heterocycles. The normalized spacial score (nSPS) is 22.7. The van der Waals surface area contributed by atoms with Gasteiger partial charge in [-0.05, 0) is 19.9 Å². The zero-order chi connectivity index (χ0) is 16.2. The maximum atomic E-state index is 12.6. The third kappa shape index (κ3) is 3.79. The molecule has 2 aliphatic rings. The summed E-state index contributed by atoms with van der Waals surface area (Å²) >= 11 is 0. The number of rotatable bonds is 4. The molecule has 0 bridgehead atoms. The lowest BCUT2D eigenvalue weighted by Gasteiger charge is -2.34. The number of hydrogen-bond acceptors (Lipinski definition) is 6. The van der Waals surface area contributed by atoms with Gasteiger partial charge in [0.1, 0.15) is 17.6 Å². The lowest BCUT2D eigenvalue weighted by Crippen LogP contribution is -2.47. The summed E-state index contributed by atoms with van der Waals surface area (Å²) in [6.45, 7) is 2.07. The van der Waals surface area contributed by atoms with Crippen molar-refractivity contribution >= 4 is 11.7 Å². The minimum atomic E-state index is -0.293. The molecule has 2 N–H and O–H groups in total. The number of aromatic nitrogens is 2. The Labute approximate surface area is 136 Å². The van der Waals surface area contributed by atoms with Crippen LogP contribution in [-0.4, -0.2) is 65.0 Å². The third-order valence-corrected chi connectivity index (χ3v) is 4.81. The fraction of sp³-hybridized carbons (Fsp3) is 0.688. The maximum Gasteiger partial charge on any atom is 0.236 e. The highest BCUT2D eigenvalue weighted by molar-refractivity contribution is 5.78. The lowest BCUT2D eigenvalue weighted by molar-refractivity contribution is -0.140. The number of ether oxygens (including phenoxy) is 1. The Morgan fingerprint density at radius 3 is 2.87 bits per heavy atom. The van der Waals surface area contributed by atoms with Gasteiger partial charge in [-0.3, -0.25) is 14.7 Å². The number of hydrogen-bond donors (Lipinski definition) is 1. The van der Waals surface area contributed by atoms with E-state index in [2.05, 4.69) is 14.9 Å². The van der Waals surface area contributed by atoms with Gasteiger partial charge in [-0.25, -0.2) is 4.98 Å². The second-order valence-corrected chi connectivity index (χ2v) is 6.38. The molecule has 23 heavy (non-hydrogen) atoms. The number of nitrogen functional groups attached to an aromatic ring is 1. The predicted octanol–water partition coefficient (Wildman–Crippen LogP) is 0.833. The van der Waals surface area contributed by atoms with E-state index in [0.717, 1.165) is 0 Å². The van der Waals surface area contributed by atoms with Crippen LogP contribution in [0.15, 0.2) is 12.4 Å². The van der Waals surface area contributed by atoms with Crippen molar-refractivity contribution < 1.29 is 9.53 Å². The fourth-order valence-electron chi connectivity index (χ4n) is 3.44. The molecule has 1 aromatic rings. The quantitative estimate of drug-likeness (QED) is 0.885. The van der Waals surface area contributed by atoms with Gasteiger partial charge in [-0.2, -0.15) is 0 Å². The van der Waals surface area contributed by atoms with E-state index in [1.807, 2.05) is 11.9 Å². The molecule has 1 saturated carbocycles. The van der Waals surface area contributed by atoms with Crippen molar-refractivity contribution in [2.24, 2.45) is 0 Å². The highest BCUT2D eigenvalue weighted by Gasteiger charge is 2.29. The monoisotopic (exact) mass is 319 g/mol. The van der Waals surface area contributed by atoms with Gasteiger partial charge >= 0.3 is 0 Å². The number of nitrogens with two attached hydrogens (primary N) is 1. The third-order valence-electron chi connectivity index (χ3n) is 4.81. The van der Waals surface area contributed by atoms with Gasteiger partial charge < -0.3 is 15.4 Å². The molecule has 7 nitrogen and oxygen atoms in total. The smallest absolute Gasteiger partial charge is 0.236 e. The van der Waals surface area contributed by atoms with Crippen LogP contribution in [0.25, 0.3) is 0 Å². The van der Waals surface area contributed by atoms with Crippen molar-refractivity contribution in [3.8, 4) is 0 Å². The molecule has 2 fully saturated rings. The van der Waals surface area contributed by atoms with Gasteiger partial charge in [-0.15, -0.1) is 0 Å². The zero-order valence-electron chi connectivity index (χ0n) is 13.6. The highest BCUT2D eigenvalue weighted by Crippen LogP contribution is 2.25. The first kappa shape index (κ1) is 16.1. The summed E-state index contributed by atoms with van der Waals surface area (Å²) in [5.74, 6) is 0.519. The van der Waals surface area contributed by atoms with Crippen LogP contribution in [-0.2, 0) is 9.53 Å². The Bertz CT molecular complexity index is 547. The van der Waals surface area contributed by atoms with Gasteiger partial charge in [0, 0.05) is 25.0 Å². The van der Waals surface area contributed by atoms with Crippen molar-refractivity contribution in [3.63, 3.8) is 0 Å². The molecule has 0 aromatic carbocycles. The average Bonchev–Trinajstić information content (AvgIpc) is 3.10. The number of likely N-dealkylation sites (N-methyl/N-ethyl adjacent to an activating group) is 1. The Hall–Kier alpha value is -1.73. The van der Waals surface area contributed by atoms with E-state index in [4.69, 9.17) is 10.5 Å². The Kier molecular flexibility index (Phi) is 5.07. The van der Waals surface area contributed by atoms with Crippen LogP contribution < -0.4 is 5.73 Å². The molecule has 1 atom stereocenters. The molecule has 126 valence electrons. The minimum absolute atomic E-state index is 0.148. The number of nitrogens with zero attached hydrogens (tertiary/aromatic N) is 4. The number of morpholine rings is 1. The molecule has 0 spiro atoms. The molecular formula is C16H25N5O2. The first-order valence-corrected chi connectivity index (χ1v) is 8.31. The van der Waals surface area contributed by atoms with Crippen LogP contribution >= 0.6 is 0 Å². The van der Waals surface area contributed by atoms with Gasteiger partial charge in [0.15, 0.2) is 0 Å². The molecule has 0 unspecified atom stereocenters. The van der Waals surface area contributed by atoms with Crippen LogP contribution in [0.2, 0.25) is 0 Å². The summed E-state index contributed by atoms with van der Waals surface area (Å²) < 4.78 is 5.74. The first-order chi connectivity index (χ1) is 11.1. The maximum absolute atomic E-state index is 12.6. The summed E-state index contributed by atoms with van der Waals surface area (Å²) in [5.41, 5.74) is 6.49. The second-order valence-electron chi connectivity index (χ2n) is 6.38. The summed E-state index contributed by atoms with van der Waals surface area (Å²) in [6.07, 6.45) is 7.81. The van der Waals surface area contributed by atoms with Gasteiger partial charge in [0.2, 0.25) is 5.91 Å². The number of anilines is 1. The van der Waals surface area contributed by atoms with Crippen molar-refractivity contribution in [1.82, 2.24) is 19.8 Å². The molecule has 1 aliphatic heterocycles. The van der Waals surface area contributed by atoms with Crippen LogP contribution in [0, 0.1) is 0 Å². The molecule has 7 heteroatoms. The standard InChI is InChI=1S/C16H25N5O2/c1-20(12-4-2-3-5-12)11-14(22)21-8-9-23-13(10-21)15-16(17)19-7-6-18-15/h6-7,12-13H,2-5,8-11H2,1H3,(H2,17,19)/t13-/m1/s1. The van der Waals surface area contributed by atoms with Crippen molar-refractivity contribution in [2.75, 3.05) is 39.0 Å². The summed E-state index contributed by atoms with van der Waals surface area (Å²) in [4.78, 5) is 24.9. The van der Waals surface area contributed by atoms with Gasteiger partial charge in [-0.1, -0.05) is 12.8 Å². The first-order valence-electron chi connectivity index (χ1n) is 8.31. The minimum Gasteiger partial charge on any atom is -0.382 e. The van der Waals surface area contributed by atoms with E-state index in [0.29, 0.717) is 43.8 Å². The van der Waals surface area contributed by atoms with Crippen LogP contribution in [0.3, 0.4) is 0 Å². The van der Waals surface area contributed by atoms with Crippen LogP contribution in [0.1, 0.15) is 37.5 Å². The van der Waals surface area contributed by atoms with Gasteiger partial charge in [0.25, 0.3) is 0 Å². The Morgan fingerprint density at radius 2 is 2.13 bits per heavy atom. The largest absolute Gasteiger partial charge is 0.382 e. The van der Waals surface area contributed by atoms with Crippen LogP contribution in [0.5, 0.6) is 0 Å². The summed E-state index contributed by atoms with van der Waals surface area (Å²) in [5, 5.41) is 0. The molecule has 1 aromatic heterocycles. The Morgan fingerprint density at radius 1 is 1.39 bits per heavy atom. The molecule has 2 heterocycles. The second kappa shape index (κ2) is 7.23. The number of carbonyl (C=O) groups excluding carboxylic acids is 1. The van der Waals surface area contributed by atoms with E-state index < -0.39 is 0 Å². The Balaban J connectivity index is 1.59. The number of carbonyl (C=O) groups is 1. The SMILES string of the molecule is CN(CC(=O)N1CCO[C@@H](c2nccnc2N)C1)C1CCCC1. The molecule has 3 rings (SSSR count).